The van der Waals surface area contributed by atoms with Gasteiger partial charge in [-0.05, 0) is 73.9 Å². The monoisotopic (exact) mass is 641 g/mol. The molecule has 0 atom stereocenters. The standard InChI is InChI=1S/C44H39NO2Si/c1-43(2,3)28-20-22-34-32(24-28)33-25-29(44(4,5)6)21-23-35(33)45(34)30-26-38-42-39(27-30)47-37-17-11-13-19-41(37)48(42,31-14-8-7-9-15-31)40-18-12-10-16-36(40)46-38/h7-27H,1-6H3. The molecule has 0 spiro atoms. The first-order chi connectivity index (χ1) is 23.0. The van der Waals surface area contributed by atoms with Crippen LogP contribution in [0.5, 0.6) is 23.0 Å². The number of aromatic nitrogens is 1. The number of fused-ring (bicyclic) bond motifs is 7. The largest absolute Gasteiger partial charge is 0.457 e. The van der Waals surface area contributed by atoms with E-state index in [1.54, 1.807) is 0 Å². The Kier molecular flexibility index (Phi) is 6.05. The van der Waals surface area contributed by atoms with Crippen molar-refractivity contribution in [1.29, 1.82) is 0 Å². The number of hydrogen-bond donors (Lipinski definition) is 0. The maximum atomic E-state index is 6.92. The maximum absolute atomic E-state index is 6.92. The Bertz CT molecular complexity index is 2280. The summed E-state index contributed by atoms with van der Waals surface area (Å²) in [7, 11) is -2.78. The fourth-order valence-corrected chi connectivity index (χ4v) is 13.1. The summed E-state index contributed by atoms with van der Waals surface area (Å²) in [6.45, 7) is 13.7. The van der Waals surface area contributed by atoms with Crippen molar-refractivity contribution in [3.63, 3.8) is 0 Å². The first-order valence-corrected chi connectivity index (χ1v) is 18.9. The lowest BCUT2D eigenvalue weighted by Gasteiger charge is -2.43. The molecule has 4 heteroatoms. The van der Waals surface area contributed by atoms with Gasteiger partial charge in [-0.15, -0.1) is 0 Å². The minimum Gasteiger partial charge on any atom is -0.457 e. The molecule has 1 aromatic heterocycles. The Hall–Kier alpha value is -5.06. The molecule has 6 aromatic carbocycles. The Labute approximate surface area is 283 Å². The molecule has 2 aliphatic heterocycles. The second kappa shape index (κ2) is 9.98. The summed E-state index contributed by atoms with van der Waals surface area (Å²) in [5.74, 6) is 3.59. The van der Waals surface area contributed by atoms with E-state index >= 15 is 0 Å². The first kappa shape index (κ1) is 29.1. The van der Waals surface area contributed by atoms with Crippen LogP contribution in [0, 0.1) is 0 Å². The molecule has 7 aromatic rings. The number of hydrogen-bond acceptors (Lipinski definition) is 2. The van der Waals surface area contributed by atoms with Gasteiger partial charge in [-0.25, -0.2) is 0 Å². The van der Waals surface area contributed by atoms with Gasteiger partial charge in [0.15, 0.2) is 8.07 Å². The van der Waals surface area contributed by atoms with Crippen LogP contribution >= 0.6 is 0 Å². The topological polar surface area (TPSA) is 23.4 Å². The van der Waals surface area contributed by atoms with Crippen molar-refractivity contribution in [2.24, 2.45) is 0 Å². The molecule has 0 aliphatic carbocycles. The van der Waals surface area contributed by atoms with E-state index < -0.39 is 8.07 Å². The molecule has 48 heavy (non-hydrogen) atoms. The van der Waals surface area contributed by atoms with E-state index in [9.17, 15) is 0 Å². The van der Waals surface area contributed by atoms with E-state index in [0.29, 0.717) is 0 Å². The molecule has 3 heterocycles. The third-order valence-electron chi connectivity index (χ3n) is 10.4. The number of ether oxygens (including phenoxy) is 2. The zero-order valence-corrected chi connectivity index (χ0v) is 29.4. The third kappa shape index (κ3) is 4.05. The molecule has 0 saturated heterocycles. The van der Waals surface area contributed by atoms with E-state index in [1.165, 1.54) is 53.7 Å². The van der Waals surface area contributed by atoms with E-state index in [4.69, 9.17) is 9.47 Å². The van der Waals surface area contributed by atoms with Crippen molar-refractivity contribution in [1.82, 2.24) is 4.57 Å². The van der Waals surface area contributed by atoms with Crippen LogP contribution in [0.4, 0.5) is 0 Å². The highest BCUT2D eigenvalue weighted by atomic mass is 28.3. The predicted octanol–water partition coefficient (Wildman–Crippen LogP) is 8.97. The number of rotatable bonds is 2. The second-order valence-corrected chi connectivity index (χ2v) is 19.1. The molecule has 236 valence electrons. The van der Waals surface area contributed by atoms with Crippen LogP contribution in [0.2, 0.25) is 0 Å². The smallest absolute Gasteiger partial charge is 0.197 e. The van der Waals surface area contributed by atoms with Crippen LogP contribution in [-0.4, -0.2) is 12.6 Å². The van der Waals surface area contributed by atoms with Crippen LogP contribution in [0.3, 0.4) is 0 Å². The molecule has 0 fully saturated rings. The molecule has 0 amide bonds. The van der Waals surface area contributed by atoms with Crippen LogP contribution in [0.25, 0.3) is 27.5 Å². The van der Waals surface area contributed by atoms with Crippen molar-refractivity contribution in [2.75, 3.05) is 0 Å². The average molecular weight is 642 g/mol. The summed E-state index contributed by atoms with van der Waals surface area (Å²) >= 11 is 0. The van der Waals surface area contributed by atoms with Crippen molar-refractivity contribution < 1.29 is 9.47 Å². The van der Waals surface area contributed by atoms with Gasteiger partial charge in [-0.3, -0.25) is 0 Å². The maximum Gasteiger partial charge on any atom is 0.197 e. The molecule has 0 bridgehead atoms. The van der Waals surface area contributed by atoms with Gasteiger partial charge in [-0.2, -0.15) is 0 Å². The molecule has 0 saturated carbocycles. The van der Waals surface area contributed by atoms with Gasteiger partial charge in [0.05, 0.1) is 16.7 Å². The zero-order chi connectivity index (χ0) is 33.0. The van der Waals surface area contributed by atoms with Gasteiger partial charge in [-0.1, -0.05) is 120 Å². The van der Waals surface area contributed by atoms with Crippen LogP contribution in [-0.2, 0) is 10.8 Å². The summed E-state index contributed by atoms with van der Waals surface area (Å²) in [5, 5.41) is 7.55. The predicted molar refractivity (Wildman–Crippen MR) is 202 cm³/mol. The SMILES string of the molecule is CC(C)(C)c1ccc2c(c1)c1cc(C(C)(C)C)ccc1n2-c1cc2c3c(c1)Oc1ccccc1[Si]3(c1ccccc1)c1ccccc1O2. The van der Waals surface area contributed by atoms with Crippen molar-refractivity contribution in [3.8, 4) is 28.7 Å². The summed E-state index contributed by atoms with van der Waals surface area (Å²) in [6, 6.07) is 46.8. The summed E-state index contributed by atoms with van der Waals surface area (Å²) in [4.78, 5) is 0. The lowest BCUT2D eigenvalue weighted by Crippen LogP contribution is -2.77. The Morgan fingerprint density at radius 1 is 0.479 bits per heavy atom. The third-order valence-corrected chi connectivity index (χ3v) is 15.3. The van der Waals surface area contributed by atoms with Gasteiger partial charge < -0.3 is 14.0 Å². The van der Waals surface area contributed by atoms with Crippen molar-refractivity contribution in [2.45, 2.75) is 52.4 Å². The lowest BCUT2D eigenvalue weighted by atomic mass is 9.85. The molecular weight excluding hydrogens is 603 g/mol. The molecule has 0 N–H and O–H groups in total. The van der Waals surface area contributed by atoms with Gasteiger partial charge >= 0.3 is 0 Å². The van der Waals surface area contributed by atoms with Gasteiger partial charge in [0.1, 0.15) is 23.0 Å². The van der Waals surface area contributed by atoms with Crippen molar-refractivity contribution in [3.05, 3.63) is 139 Å². The fourth-order valence-electron chi connectivity index (χ4n) is 8.00. The highest BCUT2D eigenvalue weighted by molar-refractivity contribution is 7.21. The van der Waals surface area contributed by atoms with Gasteiger partial charge in [0.25, 0.3) is 0 Å². The Morgan fingerprint density at radius 2 is 0.938 bits per heavy atom. The molecule has 2 aliphatic rings. The summed E-state index contributed by atoms with van der Waals surface area (Å²) in [6.07, 6.45) is 0. The highest BCUT2D eigenvalue weighted by Gasteiger charge is 2.53. The second-order valence-electron chi connectivity index (χ2n) is 15.4. The summed E-state index contributed by atoms with van der Waals surface area (Å²) < 4.78 is 16.2. The number of para-hydroxylation sites is 2. The lowest BCUT2D eigenvalue weighted by molar-refractivity contribution is 0.463. The van der Waals surface area contributed by atoms with E-state index in [-0.39, 0.29) is 10.8 Å². The number of nitrogens with zero attached hydrogens (tertiary/aromatic N) is 1. The van der Waals surface area contributed by atoms with Crippen molar-refractivity contribution >= 4 is 50.6 Å². The minimum absolute atomic E-state index is 0.0358. The van der Waals surface area contributed by atoms with Gasteiger partial charge in [0, 0.05) is 28.1 Å². The molecule has 0 unspecified atom stereocenters. The fraction of sp³-hybridized carbons (Fsp3) is 0.182. The summed E-state index contributed by atoms with van der Waals surface area (Å²) in [5.41, 5.74) is 6.11. The minimum atomic E-state index is -2.78. The average Bonchev–Trinajstić information content (AvgIpc) is 3.40. The molecule has 9 rings (SSSR count). The zero-order valence-electron chi connectivity index (χ0n) is 28.4. The van der Waals surface area contributed by atoms with E-state index in [0.717, 1.165) is 28.7 Å². The Morgan fingerprint density at radius 3 is 1.42 bits per heavy atom. The highest BCUT2D eigenvalue weighted by Crippen LogP contribution is 2.43. The van der Waals surface area contributed by atoms with E-state index in [1.807, 2.05) is 0 Å². The normalized spacial score (nSPS) is 14.5. The quantitative estimate of drug-likeness (QED) is 0.176. The van der Waals surface area contributed by atoms with Crippen LogP contribution in [0.15, 0.2) is 127 Å². The van der Waals surface area contributed by atoms with Gasteiger partial charge in [0.2, 0.25) is 0 Å². The van der Waals surface area contributed by atoms with E-state index in [2.05, 4.69) is 174 Å². The first-order valence-electron chi connectivity index (χ1n) is 16.9. The Balaban J connectivity index is 1.38. The molecule has 3 nitrogen and oxygen atoms in total. The number of benzene rings is 6. The van der Waals surface area contributed by atoms with Crippen LogP contribution in [0.1, 0.15) is 52.7 Å². The molecular formula is C44H39NO2Si. The molecule has 0 radical (unpaired) electrons. The van der Waals surface area contributed by atoms with Crippen LogP contribution < -0.4 is 30.2 Å².